The van der Waals surface area contributed by atoms with E-state index in [2.05, 4.69) is 76.1 Å². The lowest BCUT2D eigenvalue weighted by Gasteiger charge is -2.18. The number of hydrogen-bond donors (Lipinski definition) is 3. The van der Waals surface area contributed by atoms with E-state index in [1.54, 1.807) is 7.05 Å². The Morgan fingerprint density at radius 1 is 1.20 bits per heavy atom. The summed E-state index contributed by atoms with van der Waals surface area (Å²) in [6.07, 6.45) is 1.98. The Morgan fingerprint density at radius 2 is 2.10 bits per heavy atom. The van der Waals surface area contributed by atoms with Gasteiger partial charge < -0.3 is 25.1 Å². The minimum absolute atomic E-state index is 0.138. The van der Waals surface area contributed by atoms with Crippen LogP contribution in [0.25, 0.3) is 10.9 Å². The van der Waals surface area contributed by atoms with Gasteiger partial charge in [-0.05, 0) is 36.1 Å². The van der Waals surface area contributed by atoms with E-state index >= 15 is 0 Å². The molecule has 1 aromatic heterocycles. The Bertz CT molecular complexity index is 972. The Balaban J connectivity index is 1.30. The third-order valence-electron chi connectivity index (χ3n) is 5.35. The van der Waals surface area contributed by atoms with Crippen molar-refractivity contribution in [2.24, 2.45) is 4.99 Å². The molecule has 158 valence electrons. The summed E-state index contributed by atoms with van der Waals surface area (Å²) in [5.74, 6) is 1.70. The molecule has 0 saturated carbocycles. The molecule has 2 aromatic carbocycles. The fraction of sp³-hybridized carbons (Fsp3) is 0.375. The van der Waals surface area contributed by atoms with E-state index in [0.717, 1.165) is 43.3 Å². The zero-order valence-electron chi connectivity index (χ0n) is 17.7. The molecule has 6 nitrogen and oxygen atoms in total. The van der Waals surface area contributed by atoms with Gasteiger partial charge in [0, 0.05) is 49.8 Å². The molecule has 1 atom stereocenters. The van der Waals surface area contributed by atoms with Crippen LogP contribution in [0.15, 0.2) is 53.5 Å². The minimum Gasteiger partial charge on any atom is -0.488 e. The van der Waals surface area contributed by atoms with Crippen molar-refractivity contribution in [1.82, 2.24) is 15.6 Å². The summed E-state index contributed by atoms with van der Waals surface area (Å²) < 4.78 is 11.6. The smallest absolute Gasteiger partial charge is 0.191 e. The van der Waals surface area contributed by atoms with E-state index in [1.165, 1.54) is 22.2 Å². The van der Waals surface area contributed by atoms with Gasteiger partial charge in [0.1, 0.15) is 11.9 Å². The number of aromatic amines is 1. The lowest BCUT2D eigenvalue weighted by molar-refractivity contribution is 0.140. The summed E-state index contributed by atoms with van der Waals surface area (Å²) in [5.41, 5.74) is 4.70. The van der Waals surface area contributed by atoms with Gasteiger partial charge in [-0.1, -0.05) is 30.3 Å². The maximum Gasteiger partial charge on any atom is 0.191 e. The Kier molecular flexibility index (Phi) is 6.54. The lowest BCUT2D eigenvalue weighted by atomic mass is 10.1. The second-order valence-electron chi connectivity index (χ2n) is 7.70. The van der Waals surface area contributed by atoms with E-state index in [0.29, 0.717) is 13.2 Å². The molecule has 1 fully saturated rings. The molecule has 0 aliphatic carbocycles. The number of nitrogens with zero attached hydrogens (tertiary/aromatic N) is 1. The number of aryl methyl sites for hydroxylation is 1. The summed E-state index contributed by atoms with van der Waals surface area (Å²) in [5, 5.41) is 8.04. The maximum atomic E-state index is 6.19. The van der Waals surface area contributed by atoms with Crippen LogP contribution in [-0.2, 0) is 17.7 Å². The highest BCUT2D eigenvalue weighted by atomic mass is 16.5. The van der Waals surface area contributed by atoms with Gasteiger partial charge in [0.25, 0.3) is 0 Å². The van der Waals surface area contributed by atoms with Crippen LogP contribution in [0, 0.1) is 6.92 Å². The van der Waals surface area contributed by atoms with E-state index in [1.807, 2.05) is 0 Å². The van der Waals surface area contributed by atoms with Gasteiger partial charge in [-0.25, -0.2) is 0 Å². The second kappa shape index (κ2) is 9.67. The van der Waals surface area contributed by atoms with Gasteiger partial charge >= 0.3 is 0 Å². The van der Waals surface area contributed by atoms with Crippen LogP contribution < -0.4 is 15.4 Å². The average molecular weight is 407 g/mol. The lowest BCUT2D eigenvalue weighted by Crippen LogP contribution is -2.38. The quantitative estimate of drug-likeness (QED) is 0.415. The van der Waals surface area contributed by atoms with E-state index in [9.17, 15) is 0 Å². The molecular formula is C24H30N4O2. The van der Waals surface area contributed by atoms with E-state index in [-0.39, 0.29) is 6.10 Å². The number of H-pyrrole nitrogens is 1. The number of nitrogens with one attached hydrogen (secondary N) is 3. The number of hydrogen-bond acceptors (Lipinski definition) is 3. The van der Waals surface area contributed by atoms with Crippen molar-refractivity contribution >= 4 is 16.9 Å². The van der Waals surface area contributed by atoms with Crippen molar-refractivity contribution in [2.75, 3.05) is 26.8 Å². The molecule has 3 aromatic rings. The zero-order chi connectivity index (χ0) is 20.8. The summed E-state index contributed by atoms with van der Waals surface area (Å²) >= 11 is 0. The van der Waals surface area contributed by atoms with E-state index < -0.39 is 0 Å². The van der Waals surface area contributed by atoms with E-state index in [4.69, 9.17) is 9.47 Å². The molecule has 1 aliphatic rings. The Labute approximate surface area is 177 Å². The number of benzene rings is 2. The first-order chi connectivity index (χ1) is 14.7. The van der Waals surface area contributed by atoms with Crippen LogP contribution in [0.3, 0.4) is 0 Å². The molecule has 1 aliphatic heterocycles. The topological polar surface area (TPSA) is 70.7 Å². The number of guanidine groups is 1. The van der Waals surface area contributed by atoms with Gasteiger partial charge in [0.15, 0.2) is 5.96 Å². The molecule has 1 saturated heterocycles. The Morgan fingerprint density at radius 3 is 2.90 bits per heavy atom. The van der Waals surface area contributed by atoms with Crippen LogP contribution in [-0.4, -0.2) is 43.9 Å². The van der Waals surface area contributed by atoms with Crippen molar-refractivity contribution in [3.63, 3.8) is 0 Å². The third kappa shape index (κ3) is 5.13. The van der Waals surface area contributed by atoms with Crippen molar-refractivity contribution in [1.29, 1.82) is 0 Å². The first-order valence-corrected chi connectivity index (χ1v) is 10.6. The predicted octanol–water partition coefficient (Wildman–Crippen LogP) is 3.55. The first-order valence-electron chi connectivity index (χ1n) is 10.6. The van der Waals surface area contributed by atoms with Crippen LogP contribution in [0.5, 0.6) is 5.75 Å². The number of aromatic nitrogens is 1. The maximum absolute atomic E-state index is 6.19. The monoisotopic (exact) mass is 406 g/mol. The predicted molar refractivity (Wildman–Crippen MR) is 121 cm³/mol. The molecule has 30 heavy (non-hydrogen) atoms. The molecule has 0 radical (unpaired) electrons. The normalized spacial score (nSPS) is 16.7. The molecule has 6 heteroatoms. The fourth-order valence-electron chi connectivity index (χ4n) is 3.69. The average Bonchev–Trinajstić information content (AvgIpc) is 3.41. The van der Waals surface area contributed by atoms with Crippen LogP contribution in [0.2, 0.25) is 0 Å². The molecular weight excluding hydrogens is 376 g/mol. The third-order valence-corrected chi connectivity index (χ3v) is 5.35. The van der Waals surface area contributed by atoms with Crippen molar-refractivity contribution in [3.8, 4) is 5.75 Å². The molecule has 3 N–H and O–H groups in total. The first kappa shape index (κ1) is 20.3. The van der Waals surface area contributed by atoms with Gasteiger partial charge in [0.2, 0.25) is 0 Å². The molecule has 0 amide bonds. The van der Waals surface area contributed by atoms with Gasteiger partial charge in [-0.3, -0.25) is 4.99 Å². The van der Waals surface area contributed by atoms with Crippen molar-refractivity contribution < 1.29 is 9.47 Å². The molecule has 2 heterocycles. The van der Waals surface area contributed by atoms with Crippen LogP contribution in [0.4, 0.5) is 0 Å². The van der Waals surface area contributed by atoms with Gasteiger partial charge in [0.05, 0.1) is 13.2 Å². The number of para-hydroxylation sites is 1. The van der Waals surface area contributed by atoms with Gasteiger partial charge in [-0.15, -0.1) is 0 Å². The summed E-state index contributed by atoms with van der Waals surface area (Å²) in [6, 6.07) is 16.9. The zero-order valence-corrected chi connectivity index (χ0v) is 17.7. The number of ether oxygens (including phenoxy) is 2. The standard InChI is InChI=1S/C24H30N4O2/c1-17-7-8-19(23(13-17)30-21-10-12-29-16-21)15-27-24(25-2)26-11-9-20-14-18-5-3-4-6-22(18)28-20/h3-8,13-14,21,28H,9-12,15-16H2,1-2H3,(H2,25,26,27). The van der Waals surface area contributed by atoms with Crippen molar-refractivity contribution in [2.45, 2.75) is 32.4 Å². The highest BCUT2D eigenvalue weighted by Crippen LogP contribution is 2.23. The summed E-state index contributed by atoms with van der Waals surface area (Å²) in [6.45, 7) is 4.97. The summed E-state index contributed by atoms with van der Waals surface area (Å²) in [4.78, 5) is 7.82. The highest BCUT2D eigenvalue weighted by Gasteiger charge is 2.18. The summed E-state index contributed by atoms with van der Waals surface area (Å²) in [7, 11) is 1.79. The van der Waals surface area contributed by atoms with Gasteiger partial charge in [-0.2, -0.15) is 0 Å². The number of aliphatic imine (C=N–C) groups is 1. The minimum atomic E-state index is 0.138. The number of fused-ring (bicyclic) bond motifs is 1. The fourth-order valence-corrected chi connectivity index (χ4v) is 3.69. The molecule has 1 unspecified atom stereocenters. The second-order valence-corrected chi connectivity index (χ2v) is 7.70. The SMILES string of the molecule is CN=C(NCCc1cc2ccccc2[nH]1)NCc1ccc(C)cc1OC1CCOC1. The van der Waals surface area contributed by atoms with Crippen LogP contribution >= 0.6 is 0 Å². The van der Waals surface area contributed by atoms with Crippen LogP contribution in [0.1, 0.15) is 23.2 Å². The molecule has 0 spiro atoms. The number of rotatable bonds is 7. The highest BCUT2D eigenvalue weighted by molar-refractivity contribution is 5.81. The Hall–Kier alpha value is -2.99. The molecule has 0 bridgehead atoms. The largest absolute Gasteiger partial charge is 0.488 e. The molecule has 4 rings (SSSR count). The van der Waals surface area contributed by atoms with Crippen molar-refractivity contribution in [3.05, 3.63) is 65.4 Å².